The minimum absolute atomic E-state index is 0.365. The maximum Gasteiger partial charge on any atom is 0.100 e. The van der Waals surface area contributed by atoms with E-state index in [0.29, 0.717) is 0 Å². The maximum absolute atomic E-state index is 8.17. The molecule has 0 heterocycles. The van der Waals surface area contributed by atoms with Crippen LogP contribution in [0, 0.1) is 0 Å². The summed E-state index contributed by atoms with van der Waals surface area (Å²) in [6.07, 6.45) is 46.2. The number of rotatable bonds is 36. The second-order valence-corrected chi connectivity index (χ2v) is 13.5. The van der Waals surface area contributed by atoms with Crippen molar-refractivity contribution in [1.82, 2.24) is 0 Å². The molecule has 0 aromatic rings. The molecule has 0 atom stereocenters. The Hall–Kier alpha value is -0.800. The Balaban J connectivity index is -0.00000149. The van der Waals surface area contributed by atoms with Gasteiger partial charge in [-0.1, -0.05) is 154 Å². The number of allylic oxidation sites excluding steroid dienone is 4. The Kier molecular flexibility index (Phi) is 55.3. The highest BCUT2D eigenvalue weighted by molar-refractivity contribution is 4.82. The fourth-order valence-corrected chi connectivity index (χ4v) is 5.12. The van der Waals surface area contributed by atoms with E-state index in [1.165, 1.54) is 180 Å². The molecule has 0 aliphatic rings. The van der Waals surface area contributed by atoms with Gasteiger partial charge in [0.15, 0.2) is 0 Å². The first-order valence-corrected chi connectivity index (χ1v) is 20.7. The Morgan fingerprint density at radius 1 is 0.347 bits per heavy atom. The SMILES string of the molecule is CCCCCCCCC=CCCCCCCCCOCCCCCCCCC=CCCCCCCCC.OCC(O)CO.OCC(O)CO. The lowest BCUT2D eigenvalue weighted by molar-refractivity contribution is 0.0450. The van der Waals surface area contributed by atoms with Crippen LogP contribution in [0.15, 0.2) is 24.3 Å². The van der Waals surface area contributed by atoms with Crippen LogP contribution in [0.25, 0.3) is 0 Å². The van der Waals surface area contributed by atoms with E-state index in [9.17, 15) is 0 Å². The van der Waals surface area contributed by atoms with Gasteiger partial charge in [-0.15, -0.1) is 0 Å². The predicted octanol–water partition coefficient (Wildman–Crippen LogP) is 9.74. The van der Waals surface area contributed by atoms with Crippen molar-refractivity contribution in [1.29, 1.82) is 0 Å². The third-order valence-electron chi connectivity index (χ3n) is 8.44. The highest BCUT2D eigenvalue weighted by Gasteiger charge is 1.96. The molecule has 7 heteroatoms. The summed E-state index contributed by atoms with van der Waals surface area (Å²) in [6.45, 7) is 5.08. The number of hydrogen-bond acceptors (Lipinski definition) is 7. The summed E-state index contributed by atoms with van der Waals surface area (Å²) in [5.74, 6) is 0. The zero-order valence-electron chi connectivity index (χ0n) is 32.6. The van der Waals surface area contributed by atoms with Crippen LogP contribution in [-0.4, -0.2) is 82.5 Å². The quantitative estimate of drug-likeness (QED) is 0.0283. The number of aliphatic hydroxyl groups is 6. The van der Waals surface area contributed by atoms with Crippen molar-refractivity contribution in [2.45, 2.75) is 206 Å². The number of ether oxygens (including phenoxy) is 1. The van der Waals surface area contributed by atoms with Gasteiger partial charge in [-0.25, -0.2) is 0 Å². The zero-order valence-corrected chi connectivity index (χ0v) is 32.6. The van der Waals surface area contributed by atoms with Gasteiger partial charge in [-0.05, 0) is 64.2 Å². The largest absolute Gasteiger partial charge is 0.394 e. The van der Waals surface area contributed by atoms with Crippen molar-refractivity contribution in [2.24, 2.45) is 0 Å². The molecule has 0 aromatic carbocycles. The summed E-state index contributed by atoms with van der Waals surface area (Å²) in [5.41, 5.74) is 0. The molecule has 0 aliphatic heterocycles. The minimum Gasteiger partial charge on any atom is -0.394 e. The Morgan fingerprint density at radius 2 is 0.571 bits per heavy atom. The van der Waals surface area contributed by atoms with E-state index >= 15 is 0 Å². The van der Waals surface area contributed by atoms with Crippen molar-refractivity contribution in [3.8, 4) is 0 Å². The molecule has 0 aliphatic carbocycles. The van der Waals surface area contributed by atoms with Crippen LogP contribution in [-0.2, 0) is 4.74 Å². The average Bonchev–Trinajstić information content (AvgIpc) is 3.13. The van der Waals surface area contributed by atoms with Gasteiger partial charge in [0.25, 0.3) is 0 Å². The van der Waals surface area contributed by atoms with Crippen molar-refractivity contribution in [3.63, 3.8) is 0 Å². The summed E-state index contributed by atoms with van der Waals surface area (Å²) < 4.78 is 5.85. The predicted molar refractivity (Wildman–Crippen MR) is 210 cm³/mol. The van der Waals surface area contributed by atoms with Crippen molar-refractivity contribution in [3.05, 3.63) is 24.3 Å². The van der Waals surface area contributed by atoms with E-state index in [-0.39, 0.29) is 26.4 Å². The molecule has 0 saturated heterocycles. The van der Waals surface area contributed by atoms with Crippen LogP contribution in [0.4, 0.5) is 0 Å². The van der Waals surface area contributed by atoms with Crippen molar-refractivity contribution in [2.75, 3.05) is 39.6 Å². The van der Waals surface area contributed by atoms with Crippen molar-refractivity contribution >= 4 is 0 Å². The lowest BCUT2D eigenvalue weighted by Crippen LogP contribution is -2.15. The van der Waals surface area contributed by atoms with Gasteiger partial charge >= 0.3 is 0 Å². The van der Waals surface area contributed by atoms with E-state index in [1.54, 1.807) is 0 Å². The van der Waals surface area contributed by atoms with Crippen LogP contribution in [0.2, 0.25) is 0 Å². The molecule has 0 saturated carbocycles. The van der Waals surface area contributed by atoms with Gasteiger partial charge in [-0.2, -0.15) is 0 Å². The second-order valence-electron chi connectivity index (χ2n) is 13.5. The van der Waals surface area contributed by atoms with Crippen LogP contribution >= 0.6 is 0 Å². The molecule has 0 fully saturated rings. The fourth-order valence-electron chi connectivity index (χ4n) is 5.12. The molecule has 49 heavy (non-hydrogen) atoms. The van der Waals surface area contributed by atoms with E-state index in [2.05, 4.69) is 38.2 Å². The van der Waals surface area contributed by atoms with Gasteiger partial charge in [0.1, 0.15) is 12.2 Å². The molecule has 0 amide bonds. The monoisotopic (exact) mass is 703 g/mol. The van der Waals surface area contributed by atoms with Crippen LogP contribution in [0.3, 0.4) is 0 Å². The molecule has 296 valence electrons. The molecule has 0 bridgehead atoms. The lowest BCUT2D eigenvalue weighted by atomic mass is 10.1. The smallest absolute Gasteiger partial charge is 0.100 e. The third kappa shape index (κ3) is 56.8. The molecule has 0 radical (unpaired) electrons. The van der Waals surface area contributed by atoms with E-state index in [0.717, 1.165) is 13.2 Å². The van der Waals surface area contributed by atoms with Gasteiger partial charge in [0, 0.05) is 13.2 Å². The topological polar surface area (TPSA) is 131 Å². The summed E-state index contributed by atoms with van der Waals surface area (Å²) in [7, 11) is 0. The zero-order chi connectivity index (χ0) is 36.7. The molecule has 6 N–H and O–H groups in total. The average molecular weight is 703 g/mol. The van der Waals surface area contributed by atoms with E-state index in [4.69, 9.17) is 35.4 Å². The van der Waals surface area contributed by atoms with Crippen LogP contribution in [0.5, 0.6) is 0 Å². The van der Waals surface area contributed by atoms with Gasteiger partial charge in [0.2, 0.25) is 0 Å². The first-order valence-electron chi connectivity index (χ1n) is 20.7. The normalized spacial score (nSPS) is 11.5. The molecular weight excluding hydrogens is 616 g/mol. The molecule has 0 aromatic heterocycles. The minimum atomic E-state index is -0.954. The Bertz CT molecular complexity index is 542. The summed E-state index contributed by atoms with van der Waals surface area (Å²) in [6, 6.07) is 0. The third-order valence-corrected chi connectivity index (χ3v) is 8.44. The molecule has 7 nitrogen and oxygen atoms in total. The van der Waals surface area contributed by atoms with Gasteiger partial charge in [-0.3, -0.25) is 0 Å². The summed E-state index contributed by atoms with van der Waals surface area (Å²) >= 11 is 0. The second kappa shape index (κ2) is 51.6. The highest BCUT2D eigenvalue weighted by atomic mass is 16.5. The number of hydrogen-bond donors (Lipinski definition) is 6. The van der Waals surface area contributed by atoms with Crippen LogP contribution in [0.1, 0.15) is 194 Å². The maximum atomic E-state index is 8.17. The standard InChI is InChI=1S/C36H70O.2C3H8O3/c1-3-5-7-9-11-13-15-17-19-21-23-25-27-29-31-33-35-37-36-34-32-30-28-26-24-22-20-18-16-14-12-10-8-6-4-2;2*4-1-3(6)2-5/h17-20H,3-16,21-36H2,1-2H3;2*3-6H,1-2H2. The molecule has 0 unspecified atom stereocenters. The van der Waals surface area contributed by atoms with Crippen molar-refractivity contribution < 1.29 is 35.4 Å². The summed E-state index contributed by atoms with van der Waals surface area (Å²) in [5, 5.41) is 48.0. The molecule has 0 spiro atoms. The first kappa shape index (κ1) is 52.6. The van der Waals surface area contributed by atoms with Gasteiger partial charge < -0.3 is 35.4 Å². The Labute approximate surface area is 304 Å². The first-order chi connectivity index (χ1) is 24.0. The van der Waals surface area contributed by atoms with Gasteiger partial charge in [0.05, 0.1) is 26.4 Å². The number of unbranched alkanes of at least 4 members (excludes halogenated alkanes) is 24. The number of aliphatic hydroxyl groups excluding tert-OH is 6. The Morgan fingerprint density at radius 3 is 0.796 bits per heavy atom. The lowest BCUT2D eigenvalue weighted by Gasteiger charge is -2.05. The van der Waals surface area contributed by atoms with E-state index < -0.39 is 12.2 Å². The van der Waals surface area contributed by atoms with Crippen LogP contribution < -0.4 is 0 Å². The fraction of sp³-hybridized carbons (Fsp3) is 0.905. The molecular formula is C42H86O7. The van der Waals surface area contributed by atoms with E-state index in [1.807, 2.05) is 0 Å². The highest BCUT2D eigenvalue weighted by Crippen LogP contribution is 2.12. The summed E-state index contributed by atoms with van der Waals surface area (Å²) in [4.78, 5) is 0. The molecule has 0 rings (SSSR count).